The first-order chi connectivity index (χ1) is 7.22. The summed E-state index contributed by atoms with van der Waals surface area (Å²) in [5, 5.41) is 4.06. The Balaban J connectivity index is 2.28. The van der Waals surface area contributed by atoms with Crippen molar-refractivity contribution in [3.05, 3.63) is 28.8 Å². The number of nitrogens with one attached hydrogen (secondary N) is 1. The Morgan fingerprint density at radius 1 is 1.53 bits per heavy atom. The summed E-state index contributed by atoms with van der Waals surface area (Å²) in [6.45, 7) is 1.03. The van der Waals surface area contributed by atoms with Crippen molar-refractivity contribution in [3.63, 3.8) is 0 Å². The molecule has 0 spiro atoms. The second-order valence-corrected chi connectivity index (χ2v) is 4.57. The maximum atomic E-state index is 6.02. The van der Waals surface area contributed by atoms with Gasteiger partial charge in [0.2, 0.25) is 0 Å². The van der Waals surface area contributed by atoms with E-state index in [1.54, 1.807) is 0 Å². The molecule has 1 aromatic rings. The number of halogens is 1. The van der Waals surface area contributed by atoms with Gasteiger partial charge in [0, 0.05) is 30.3 Å². The van der Waals surface area contributed by atoms with Crippen LogP contribution in [0.1, 0.15) is 12.0 Å². The Kier molecular flexibility index (Phi) is 3.17. The Hall–Kier alpha value is -0.730. The fourth-order valence-electron chi connectivity index (χ4n) is 2.26. The molecule has 0 saturated heterocycles. The average molecular weight is 225 g/mol. The number of fused-ring (bicyclic) bond motifs is 1. The normalized spacial score (nSPS) is 20.2. The summed E-state index contributed by atoms with van der Waals surface area (Å²) in [5.41, 5.74) is 2.70. The third kappa shape index (κ3) is 2.11. The Bertz CT molecular complexity index is 351. The van der Waals surface area contributed by atoms with Gasteiger partial charge in [0.1, 0.15) is 0 Å². The molecule has 0 saturated carbocycles. The Morgan fingerprint density at radius 2 is 2.33 bits per heavy atom. The largest absolute Gasteiger partial charge is 0.370 e. The van der Waals surface area contributed by atoms with Gasteiger partial charge in [-0.25, -0.2) is 0 Å². The predicted molar refractivity (Wildman–Crippen MR) is 65.9 cm³/mol. The maximum absolute atomic E-state index is 6.02. The minimum atomic E-state index is 0.584. The van der Waals surface area contributed by atoms with Crippen molar-refractivity contribution in [2.45, 2.75) is 18.9 Å². The number of nitrogens with zero attached hydrogens (tertiary/aromatic N) is 1. The summed E-state index contributed by atoms with van der Waals surface area (Å²) in [6.07, 6.45) is 2.37. The van der Waals surface area contributed by atoms with Gasteiger partial charge in [-0.2, -0.15) is 0 Å². The Labute approximate surface area is 96.2 Å². The van der Waals surface area contributed by atoms with Crippen molar-refractivity contribution in [3.8, 4) is 0 Å². The molecule has 0 aromatic heterocycles. The number of likely N-dealkylation sites (N-methyl/N-ethyl adjacent to an activating group) is 2. The van der Waals surface area contributed by atoms with Crippen molar-refractivity contribution >= 4 is 17.3 Å². The van der Waals surface area contributed by atoms with E-state index in [1.165, 1.54) is 17.7 Å². The third-order valence-electron chi connectivity index (χ3n) is 3.16. The molecule has 2 rings (SSSR count). The lowest BCUT2D eigenvalue weighted by Crippen LogP contribution is -2.42. The lowest BCUT2D eigenvalue weighted by atomic mass is 9.96. The molecule has 0 fully saturated rings. The van der Waals surface area contributed by atoms with Gasteiger partial charge in [-0.1, -0.05) is 17.7 Å². The minimum Gasteiger partial charge on any atom is -0.370 e. The van der Waals surface area contributed by atoms with Gasteiger partial charge < -0.3 is 10.2 Å². The molecular formula is C12H17ClN2. The van der Waals surface area contributed by atoms with Gasteiger partial charge >= 0.3 is 0 Å². The number of hydrogen-bond donors (Lipinski definition) is 1. The van der Waals surface area contributed by atoms with E-state index in [1.807, 2.05) is 13.1 Å². The van der Waals surface area contributed by atoms with Crippen molar-refractivity contribution in [1.29, 1.82) is 0 Å². The fraction of sp³-hybridized carbons (Fsp3) is 0.500. The van der Waals surface area contributed by atoms with E-state index in [-0.39, 0.29) is 0 Å². The second-order valence-electron chi connectivity index (χ2n) is 4.13. The summed E-state index contributed by atoms with van der Waals surface area (Å²) in [4.78, 5) is 2.33. The summed E-state index contributed by atoms with van der Waals surface area (Å²) in [7, 11) is 4.15. The van der Waals surface area contributed by atoms with E-state index in [9.17, 15) is 0 Å². The molecule has 0 bridgehead atoms. The van der Waals surface area contributed by atoms with Crippen LogP contribution < -0.4 is 10.2 Å². The van der Waals surface area contributed by atoms with Crippen LogP contribution in [0.5, 0.6) is 0 Å². The third-order valence-corrected chi connectivity index (χ3v) is 3.40. The van der Waals surface area contributed by atoms with E-state index in [0.29, 0.717) is 6.04 Å². The molecule has 0 amide bonds. The standard InChI is InChI=1S/C12H17ClN2/c1-14-8-11-6-4-9-3-5-10(13)7-12(9)15(11)2/h3,5,7,11,14H,4,6,8H2,1-2H3. The molecule has 1 aliphatic rings. The molecule has 1 heterocycles. The number of hydrogen-bond acceptors (Lipinski definition) is 2. The predicted octanol–water partition coefficient (Wildman–Crippen LogP) is 2.31. The number of anilines is 1. The molecule has 0 radical (unpaired) electrons. The minimum absolute atomic E-state index is 0.584. The van der Waals surface area contributed by atoms with Gasteiger partial charge in [0.25, 0.3) is 0 Å². The summed E-state index contributed by atoms with van der Waals surface area (Å²) in [6, 6.07) is 6.77. The van der Waals surface area contributed by atoms with E-state index >= 15 is 0 Å². The van der Waals surface area contributed by atoms with E-state index in [4.69, 9.17) is 11.6 Å². The van der Waals surface area contributed by atoms with Crippen molar-refractivity contribution < 1.29 is 0 Å². The highest BCUT2D eigenvalue weighted by Gasteiger charge is 2.22. The molecule has 0 aliphatic carbocycles. The van der Waals surface area contributed by atoms with Crippen LogP contribution in [0, 0.1) is 0 Å². The molecule has 1 unspecified atom stereocenters. The second kappa shape index (κ2) is 4.42. The molecular weight excluding hydrogens is 208 g/mol. The van der Waals surface area contributed by atoms with Gasteiger partial charge in [0.05, 0.1) is 0 Å². The summed E-state index contributed by atoms with van der Waals surface area (Å²) >= 11 is 6.02. The highest BCUT2D eigenvalue weighted by Crippen LogP contribution is 2.31. The molecule has 82 valence electrons. The molecule has 15 heavy (non-hydrogen) atoms. The molecule has 1 N–H and O–H groups in total. The molecule has 1 atom stereocenters. The topological polar surface area (TPSA) is 15.3 Å². The monoisotopic (exact) mass is 224 g/mol. The quantitative estimate of drug-likeness (QED) is 0.830. The Morgan fingerprint density at radius 3 is 3.07 bits per heavy atom. The number of benzene rings is 1. The summed E-state index contributed by atoms with van der Waals surface area (Å²) < 4.78 is 0. The zero-order valence-electron chi connectivity index (χ0n) is 9.26. The zero-order chi connectivity index (χ0) is 10.8. The molecule has 1 aliphatic heterocycles. The SMILES string of the molecule is CNCC1CCc2ccc(Cl)cc2N1C. The van der Waals surface area contributed by atoms with Crippen LogP contribution in [-0.4, -0.2) is 26.7 Å². The van der Waals surface area contributed by atoms with Crippen LogP contribution in [0.3, 0.4) is 0 Å². The van der Waals surface area contributed by atoms with E-state index in [2.05, 4.69) is 29.4 Å². The van der Waals surface area contributed by atoms with Crippen LogP contribution in [-0.2, 0) is 6.42 Å². The fourth-order valence-corrected chi connectivity index (χ4v) is 2.43. The number of rotatable bonds is 2. The summed E-state index contributed by atoms with van der Waals surface area (Å²) in [5.74, 6) is 0. The first-order valence-corrected chi connectivity index (χ1v) is 5.76. The highest BCUT2D eigenvalue weighted by molar-refractivity contribution is 6.30. The first-order valence-electron chi connectivity index (χ1n) is 5.38. The van der Waals surface area contributed by atoms with Crippen molar-refractivity contribution in [2.75, 3.05) is 25.5 Å². The lowest BCUT2D eigenvalue weighted by Gasteiger charge is -2.36. The lowest BCUT2D eigenvalue weighted by molar-refractivity contribution is 0.530. The maximum Gasteiger partial charge on any atom is 0.0426 e. The van der Waals surface area contributed by atoms with Gasteiger partial charge in [-0.3, -0.25) is 0 Å². The smallest absolute Gasteiger partial charge is 0.0426 e. The zero-order valence-corrected chi connectivity index (χ0v) is 10.0. The molecule has 2 nitrogen and oxygen atoms in total. The van der Waals surface area contributed by atoms with Gasteiger partial charge in [-0.15, -0.1) is 0 Å². The molecule has 3 heteroatoms. The molecule has 1 aromatic carbocycles. The van der Waals surface area contributed by atoms with Gasteiger partial charge in [0.15, 0.2) is 0 Å². The van der Waals surface area contributed by atoms with E-state index in [0.717, 1.165) is 18.0 Å². The average Bonchev–Trinajstić information content (AvgIpc) is 2.23. The van der Waals surface area contributed by atoms with Crippen molar-refractivity contribution in [1.82, 2.24) is 5.32 Å². The van der Waals surface area contributed by atoms with Crippen LogP contribution in [0.15, 0.2) is 18.2 Å². The van der Waals surface area contributed by atoms with Crippen LogP contribution in [0.2, 0.25) is 5.02 Å². The number of aryl methyl sites for hydroxylation is 1. The first kappa shape index (κ1) is 10.8. The van der Waals surface area contributed by atoms with Crippen molar-refractivity contribution in [2.24, 2.45) is 0 Å². The highest BCUT2D eigenvalue weighted by atomic mass is 35.5. The van der Waals surface area contributed by atoms with Crippen LogP contribution in [0.25, 0.3) is 0 Å². The van der Waals surface area contributed by atoms with E-state index < -0.39 is 0 Å². The van der Waals surface area contributed by atoms with Crippen LogP contribution >= 0.6 is 11.6 Å². The van der Waals surface area contributed by atoms with Gasteiger partial charge in [-0.05, 0) is 37.6 Å². The van der Waals surface area contributed by atoms with Crippen LogP contribution in [0.4, 0.5) is 5.69 Å².